The molecule has 36 heavy (non-hydrogen) atoms. The molecule has 0 radical (unpaired) electrons. The number of amides is 2. The number of rotatable bonds is 11. The zero-order chi connectivity index (χ0) is 26.1. The molecule has 2 amide bonds. The molecule has 2 aromatic rings. The molecule has 1 N–H and O–H groups in total. The maximum atomic E-state index is 13.7. The fraction of sp³-hybridized carbons (Fsp3) is 0.481. The lowest BCUT2D eigenvalue weighted by atomic mass is 9.95. The Hall–Kier alpha value is -2.58. The van der Waals surface area contributed by atoms with Crippen LogP contribution in [-0.4, -0.2) is 56.6 Å². The zero-order valence-electron chi connectivity index (χ0n) is 21.0. The van der Waals surface area contributed by atoms with Crippen molar-refractivity contribution in [1.82, 2.24) is 10.2 Å². The minimum Gasteiger partial charge on any atom is -0.352 e. The summed E-state index contributed by atoms with van der Waals surface area (Å²) in [7, 11) is -3.81. The van der Waals surface area contributed by atoms with Gasteiger partial charge >= 0.3 is 0 Å². The van der Waals surface area contributed by atoms with Crippen molar-refractivity contribution in [3.8, 4) is 0 Å². The number of anilines is 1. The van der Waals surface area contributed by atoms with Gasteiger partial charge in [-0.15, -0.1) is 0 Å². The Bertz CT molecular complexity index is 1120. The number of carbonyl (C=O) groups excluding carboxylic acids is 2. The Morgan fingerprint density at radius 2 is 1.67 bits per heavy atom. The van der Waals surface area contributed by atoms with Crippen LogP contribution >= 0.6 is 11.6 Å². The summed E-state index contributed by atoms with van der Waals surface area (Å²) in [6.07, 6.45) is 7.23. The van der Waals surface area contributed by atoms with Gasteiger partial charge in [0.25, 0.3) is 0 Å². The average molecular weight is 534 g/mol. The SMILES string of the molecule is CC[C@H](C(=O)NC1CCCCC1)N(CCc1ccccc1)C(=O)CN(c1ccccc1Cl)S(C)(=O)=O. The number of hydrogen-bond donors (Lipinski definition) is 1. The molecule has 0 bridgehead atoms. The summed E-state index contributed by atoms with van der Waals surface area (Å²) in [5, 5.41) is 3.37. The summed E-state index contributed by atoms with van der Waals surface area (Å²) in [6.45, 7) is 1.72. The molecule has 1 fully saturated rings. The van der Waals surface area contributed by atoms with Gasteiger partial charge in [-0.3, -0.25) is 13.9 Å². The smallest absolute Gasteiger partial charge is 0.244 e. The largest absolute Gasteiger partial charge is 0.352 e. The third-order valence-corrected chi connectivity index (χ3v) is 8.07. The maximum absolute atomic E-state index is 13.7. The zero-order valence-corrected chi connectivity index (χ0v) is 22.6. The normalized spacial score (nSPS) is 15.2. The molecule has 0 unspecified atom stereocenters. The quantitative estimate of drug-likeness (QED) is 0.463. The highest BCUT2D eigenvalue weighted by Crippen LogP contribution is 2.27. The van der Waals surface area contributed by atoms with Gasteiger partial charge in [0, 0.05) is 12.6 Å². The number of benzene rings is 2. The van der Waals surface area contributed by atoms with Crippen LogP contribution in [0.15, 0.2) is 54.6 Å². The van der Waals surface area contributed by atoms with E-state index in [2.05, 4.69) is 5.32 Å². The van der Waals surface area contributed by atoms with E-state index in [1.165, 1.54) is 11.3 Å². The molecule has 0 aliphatic heterocycles. The molecule has 2 aromatic carbocycles. The molecule has 0 aromatic heterocycles. The summed E-state index contributed by atoms with van der Waals surface area (Å²) in [6, 6.07) is 15.7. The summed E-state index contributed by atoms with van der Waals surface area (Å²) in [4.78, 5) is 28.6. The van der Waals surface area contributed by atoms with E-state index in [0.717, 1.165) is 41.8 Å². The molecule has 3 rings (SSSR count). The van der Waals surface area contributed by atoms with Gasteiger partial charge in [-0.1, -0.05) is 80.3 Å². The Kier molecular flexibility index (Phi) is 10.2. The Labute approximate surface area is 219 Å². The lowest BCUT2D eigenvalue weighted by Gasteiger charge is -2.34. The van der Waals surface area contributed by atoms with Crippen LogP contribution in [0, 0.1) is 0 Å². The summed E-state index contributed by atoms with van der Waals surface area (Å²) >= 11 is 6.28. The molecule has 9 heteroatoms. The first-order chi connectivity index (χ1) is 17.2. The molecule has 7 nitrogen and oxygen atoms in total. The highest BCUT2D eigenvalue weighted by atomic mass is 35.5. The van der Waals surface area contributed by atoms with E-state index in [9.17, 15) is 18.0 Å². The molecular weight excluding hydrogens is 498 g/mol. The average Bonchev–Trinajstić information content (AvgIpc) is 2.86. The van der Waals surface area contributed by atoms with E-state index in [4.69, 9.17) is 11.6 Å². The summed E-state index contributed by atoms with van der Waals surface area (Å²) in [5.41, 5.74) is 1.27. The van der Waals surface area contributed by atoms with Gasteiger partial charge in [0.15, 0.2) is 0 Å². The van der Waals surface area contributed by atoms with Gasteiger partial charge in [-0.05, 0) is 43.4 Å². The van der Waals surface area contributed by atoms with Crippen molar-refractivity contribution in [1.29, 1.82) is 0 Å². The fourth-order valence-corrected chi connectivity index (χ4v) is 5.84. The van der Waals surface area contributed by atoms with Gasteiger partial charge in [0.2, 0.25) is 21.8 Å². The molecule has 1 atom stereocenters. The minimum absolute atomic E-state index is 0.113. The first-order valence-electron chi connectivity index (χ1n) is 12.6. The predicted octanol–water partition coefficient (Wildman–Crippen LogP) is 4.40. The van der Waals surface area contributed by atoms with E-state index in [-0.39, 0.29) is 22.7 Å². The first kappa shape index (κ1) is 28.0. The Morgan fingerprint density at radius 1 is 1.03 bits per heavy atom. The van der Waals surface area contributed by atoms with Crippen molar-refractivity contribution in [2.24, 2.45) is 0 Å². The van der Waals surface area contributed by atoms with Crippen molar-refractivity contribution in [2.75, 3.05) is 23.7 Å². The van der Waals surface area contributed by atoms with Gasteiger partial charge in [0.05, 0.1) is 17.0 Å². The molecule has 1 aliphatic carbocycles. The van der Waals surface area contributed by atoms with Crippen LogP contribution < -0.4 is 9.62 Å². The van der Waals surface area contributed by atoms with E-state index in [1.807, 2.05) is 37.3 Å². The highest BCUT2D eigenvalue weighted by molar-refractivity contribution is 7.92. The van der Waals surface area contributed by atoms with Crippen LogP contribution in [0.4, 0.5) is 5.69 Å². The number of carbonyl (C=O) groups is 2. The Balaban J connectivity index is 1.86. The summed E-state index contributed by atoms with van der Waals surface area (Å²) in [5.74, 6) is -0.628. The second-order valence-electron chi connectivity index (χ2n) is 9.31. The molecule has 1 aliphatic rings. The molecule has 196 valence electrons. The highest BCUT2D eigenvalue weighted by Gasteiger charge is 2.32. The number of nitrogens with zero attached hydrogens (tertiary/aromatic N) is 2. The standard InChI is InChI=1S/C27H36ClN3O4S/c1-3-24(27(33)29-22-14-8-5-9-15-22)30(19-18-21-12-6-4-7-13-21)26(32)20-31(36(2,34)35)25-17-11-10-16-23(25)28/h4,6-7,10-13,16-17,22,24H,3,5,8-9,14-15,18-20H2,1-2H3,(H,29,33)/t24-/m1/s1. The van der Waals surface area contributed by atoms with E-state index in [0.29, 0.717) is 19.4 Å². The monoisotopic (exact) mass is 533 g/mol. The van der Waals surface area contributed by atoms with Crippen molar-refractivity contribution in [2.45, 2.75) is 64.0 Å². The number of sulfonamides is 1. The lowest BCUT2D eigenvalue weighted by Crippen LogP contribution is -2.54. The first-order valence-corrected chi connectivity index (χ1v) is 14.8. The number of para-hydroxylation sites is 1. The van der Waals surface area contributed by atoms with Crippen LogP contribution in [0.3, 0.4) is 0 Å². The molecule has 1 saturated carbocycles. The third kappa shape index (κ3) is 7.71. The number of halogens is 1. The fourth-order valence-electron chi connectivity index (χ4n) is 4.69. The van der Waals surface area contributed by atoms with Gasteiger partial charge in [0.1, 0.15) is 12.6 Å². The van der Waals surface area contributed by atoms with Crippen LogP contribution in [-0.2, 0) is 26.0 Å². The maximum Gasteiger partial charge on any atom is 0.244 e. The van der Waals surface area contributed by atoms with Gasteiger partial charge in [-0.2, -0.15) is 0 Å². The number of nitrogens with one attached hydrogen (secondary N) is 1. The van der Waals surface area contributed by atoms with Crippen molar-refractivity contribution in [3.63, 3.8) is 0 Å². The van der Waals surface area contributed by atoms with Crippen LogP contribution in [0.1, 0.15) is 51.0 Å². The minimum atomic E-state index is -3.81. The molecular formula is C27H36ClN3O4S. The lowest BCUT2D eigenvalue weighted by molar-refractivity contribution is -0.140. The van der Waals surface area contributed by atoms with E-state index < -0.39 is 28.5 Å². The van der Waals surface area contributed by atoms with Crippen LogP contribution in [0.25, 0.3) is 0 Å². The second kappa shape index (κ2) is 13.1. The van der Waals surface area contributed by atoms with Gasteiger partial charge < -0.3 is 10.2 Å². The second-order valence-corrected chi connectivity index (χ2v) is 11.6. The predicted molar refractivity (Wildman–Crippen MR) is 145 cm³/mol. The van der Waals surface area contributed by atoms with E-state index >= 15 is 0 Å². The van der Waals surface area contributed by atoms with Crippen LogP contribution in [0.5, 0.6) is 0 Å². The number of hydrogen-bond acceptors (Lipinski definition) is 4. The third-order valence-electron chi connectivity index (χ3n) is 6.62. The van der Waals surface area contributed by atoms with E-state index in [1.54, 1.807) is 24.3 Å². The molecule has 0 spiro atoms. The van der Waals surface area contributed by atoms with Crippen molar-refractivity contribution >= 4 is 39.1 Å². The molecule has 0 heterocycles. The summed E-state index contributed by atoms with van der Waals surface area (Å²) < 4.78 is 26.4. The van der Waals surface area contributed by atoms with Crippen molar-refractivity contribution < 1.29 is 18.0 Å². The Morgan fingerprint density at radius 3 is 2.28 bits per heavy atom. The van der Waals surface area contributed by atoms with Gasteiger partial charge in [-0.25, -0.2) is 8.42 Å². The topological polar surface area (TPSA) is 86.8 Å². The van der Waals surface area contributed by atoms with Crippen LogP contribution in [0.2, 0.25) is 5.02 Å². The molecule has 0 saturated heterocycles. The van der Waals surface area contributed by atoms with Crippen molar-refractivity contribution in [3.05, 3.63) is 65.2 Å².